The molecule has 19 heavy (non-hydrogen) atoms. The maximum atomic E-state index is 11.3. The fraction of sp³-hybridized carbons (Fsp3) is 0.750. The minimum absolute atomic E-state index is 0.0100. The van der Waals surface area contributed by atoms with Crippen LogP contribution >= 0.6 is 0 Å². The van der Waals surface area contributed by atoms with Crippen LogP contribution in [-0.4, -0.2) is 35.2 Å². The second-order valence-electron chi connectivity index (χ2n) is 4.85. The first-order valence-corrected chi connectivity index (χ1v) is 6.76. The van der Waals surface area contributed by atoms with Gasteiger partial charge in [0, 0.05) is 6.54 Å². The Kier molecular flexibility index (Phi) is 4.36. The Morgan fingerprint density at radius 3 is 3.11 bits per heavy atom. The third kappa shape index (κ3) is 3.04. The molecule has 2 rings (SSSR count). The third-order valence-corrected chi connectivity index (χ3v) is 3.33. The van der Waals surface area contributed by atoms with Crippen molar-refractivity contribution in [3.8, 4) is 0 Å². The lowest BCUT2D eigenvalue weighted by atomic mass is 10.2. The van der Waals surface area contributed by atoms with E-state index < -0.39 is 0 Å². The first-order chi connectivity index (χ1) is 9.13. The second kappa shape index (κ2) is 6.01. The lowest BCUT2D eigenvalue weighted by Crippen LogP contribution is -2.40. The van der Waals surface area contributed by atoms with Gasteiger partial charge in [0.25, 0.3) is 0 Å². The Labute approximate surface area is 112 Å². The summed E-state index contributed by atoms with van der Waals surface area (Å²) < 4.78 is 5.64. The SMILES string of the molecule is CCCNC(C)c1nnc(N2CCCC2C(N)=O)o1. The van der Waals surface area contributed by atoms with Crippen LogP contribution in [-0.2, 0) is 4.79 Å². The van der Waals surface area contributed by atoms with E-state index >= 15 is 0 Å². The van der Waals surface area contributed by atoms with E-state index in [1.54, 1.807) is 4.90 Å². The zero-order valence-electron chi connectivity index (χ0n) is 11.4. The van der Waals surface area contributed by atoms with E-state index in [0.29, 0.717) is 11.9 Å². The molecule has 1 aliphatic rings. The van der Waals surface area contributed by atoms with Gasteiger partial charge in [0.1, 0.15) is 6.04 Å². The summed E-state index contributed by atoms with van der Waals surface area (Å²) >= 11 is 0. The number of hydrogen-bond acceptors (Lipinski definition) is 6. The minimum Gasteiger partial charge on any atom is -0.406 e. The highest BCUT2D eigenvalue weighted by Gasteiger charge is 2.32. The summed E-state index contributed by atoms with van der Waals surface area (Å²) in [5, 5.41) is 11.3. The van der Waals surface area contributed by atoms with Crippen molar-refractivity contribution >= 4 is 11.9 Å². The summed E-state index contributed by atoms with van der Waals surface area (Å²) in [5.41, 5.74) is 5.38. The van der Waals surface area contributed by atoms with Gasteiger partial charge in [-0.25, -0.2) is 0 Å². The van der Waals surface area contributed by atoms with Crippen LogP contribution in [0, 0.1) is 0 Å². The van der Waals surface area contributed by atoms with Gasteiger partial charge < -0.3 is 20.4 Å². The Morgan fingerprint density at radius 1 is 1.63 bits per heavy atom. The first kappa shape index (κ1) is 13.8. The number of anilines is 1. The molecular formula is C12H21N5O2. The number of hydrogen-bond donors (Lipinski definition) is 2. The number of rotatable bonds is 6. The molecule has 1 aliphatic heterocycles. The van der Waals surface area contributed by atoms with Crippen molar-refractivity contribution in [1.29, 1.82) is 0 Å². The summed E-state index contributed by atoms with van der Waals surface area (Å²) in [5.74, 6) is 0.202. The zero-order chi connectivity index (χ0) is 13.8. The molecule has 0 spiro atoms. The molecule has 0 bridgehead atoms. The van der Waals surface area contributed by atoms with Crippen molar-refractivity contribution in [3.05, 3.63) is 5.89 Å². The smallest absolute Gasteiger partial charge is 0.318 e. The number of amides is 1. The monoisotopic (exact) mass is 267 g/mol. The molecule has 2 heterocycles. The molecule has 2 unspecified atom stereocenters. The van der Waals surface area contributed by atoms with Crippen LogP contribution in [0.1, 0.15) is 45.0 Å². The number of nitrogens with one attached hydrogen (secondary N) is 1. The van der Waals surface area contributed by atoms with Crippen molar-refractivity contribution in [2.45, 2.75) is 45.2 Å². The van der Waals surface area contributed by atoms with Crippen LogP contribution in [0.4, 0.5) is 6.01 Å². The summed E-state index contributed by atoms with van der Waals surface area (Å²) in [4.78, 5) is 13.1. The van der Waals surface area contributed by atoms with Crippen LogP contribution in [0.25, 0.3) is 0 Å². The van der Waals surface area contributed by atoms with Crippen LogP contribution in [0.15, 0.2) is 4.42 Å². The molecule has 7 nitrogen and oxygen atoms in total. The van der Waals surface area contributed by atoms with E-state index in [0.717, 1.165) is 32.4 Å². The maximum absolute atomic E-state index is 11.3. The van der Waals surface area contributed by atoms with E-state index in [-0.39, 0.29) is 18.0 Å². The standard InChI is InChI=1S/C12H21N5O2/c1-3-6-14-8(2)11-15-16-12(19-11)17-7-4-5-9(17)10(13)18/h8-9,14H,3-7H2,1-2H3,(H2,13,18). The highest BCUT2D eigenvalue weighted by Crippen LogP contribution is 2.25. The highest BCUT2D eigenvalue weighted by molar-refractivity contribution is 5.83. The van der Waals surface area contributed by atoms with Gasteiger partial charge in [0.05, 0.1) is 6.04 Å². The number of carbonyl (C=O) groups is 1. The maximum Gasteiger partial charge on any atom is 0.318 e. The van der Waals surface area contributed by atoms with Gasteiger partial charge in [0.2, 0.25) is 11.8 Å². The van der Waals surface area contributed by atoms with Crippen LogP contribution in [0.2, 0.25) is 0 Å². The minimum atomic E-state index is -0.339. The predicted molar refractivity (Wildman–Crippen MR) is 70.6 cm³/mol. The van der Waals surface area contributed by atoms with E-state index in [1.807, 2.05) is 6.92 Å². The molecule has 1 saturated heterocycles. The molecule has 0 radical (unpaired) electrons. The van der Waals surface area contributed by atoms with Crippen molar-refractivity contribution < 1.29 is 9.21 Å². The largest absolute Gasteiger partial charge is 0.406 e. The summed E-state index contributed by atoms with van der Waals surface area (Å²) in [7, 11) is 0. The fourth-order valence-electron chi connectivity index (χ4n) is 2.26. The lowest BCUT2D eigenvalue weighted by Gasteiger charge is -2.19. The van der Waals surface area contributed by atoms with E-state index in [2.05, 4.69) is 22.4 Å². The summed E-state index contributed by atoms with van der Waals surface area (Å²) in [6.45, 7) is 5.70. The average molecular weight is 267 g/mol. The Balaban J connectivity index is 2.06. The Bertz CT molecular complexity index is 434. The van der Waals surface area contributed by atoms with Gasteiger partial charge in [-0.05, 0) is 32.7 Å². The summed E-state index contributed by atoms with van der Waals surface area (Å²) in [6, 6.07) is 0.0736. The number of primary amides is 1. The van der Waals surface area contributed by atoms with Crippen LogP contribution in [0.3, 0.4) is 0 Å². The quantitative estimate of drug-likeness (QED) is 0.782. The molecule has 1 fully saturated rings. The van der Waals surface area contributed by atoms with Gasteiger partial charge in [-0.1, -0.05) is 12.0 Å². The normalized spacial score (nSPS) is 20.7. The van der Waals surface area contributed by atoms with Crippen molar-refractivity contribution in [3.63, 3.8) is 0 Å². The van der Waals surface area contributed by atoms with Crippen LogP contribution < -0.4 is 16.0 Å². The number of nitrogens with two attached hydrogens (primary N) is 1. The zero-order valence-corrected chi connectivity index (χ0v) is 11.4. The van der Waals surface area contributed by atoms with Gasteiger partial charge in [-0.15, -0.1) is 5.10 Å². The van der Waals surface area contributed by atoms with Crippen molar-refractivity contribution in [2.75, 3.05) is 18.0 Å². The molecule has 0 saturated carbocycles. The third-order valence-electron chi connectivity index (χ3n) is 3.33. The van der Waals surface area contributed by atoms with Gasteiger partial charge >= 0.3 is 6.01 Å². The number of aromatic nitrogens is 2. The van der Waals surface area contributed by atoms with Gasteiger partial charge in [-0.2, -0.15) is 0 Å². The first-order valence-electron chi connectivity index (χ1n) is 6.76. The van der Waals surface area contributed by atoms with Gasteiger partial charge in [-0.3, -0.25) is 4.79 Å². The topological polar surface area (TPSA) is 97.3 Å². The highest BCUT2D eigenvalue weighted by atomic mass is 16.4. The molecular weight excluding hydrogens is 246 g/mol. The predicted octanol–water partition coefficient (Wildman–Crippen LogP) is 0.584. The average Bonchev–Trinajstić information content (AvgIpc) is 3.02. The molecule has 1 aromatic heterocycles. The van der Waals surface area contributed by atoms with E-state index in [4.69, 9.17) is 10.2 Å². The number of nitrogens with zero attached hydrogens (tertiary/aromatic N) is 3. The van der Waals surface area contributed by atoms with E-state index in [9.17, 15) is 4.79 Å². The molecule has 2 atom stereocenters. The molecule has 106 valence electrons. The van der Waals surface area contributed by atoms with Crippen molar-refractivity contribution in [1.82, 2.24) is 15.5 Å². The Hall–Kier alpha value is -1.63. The molecule has 7 heteroatoms. The molecule has 3 N–H and O–H groups in total. The lowest BCUT2D eigenvalue weighted by molar-refractivity contribution is -0.119. The Morgan fingerprint density at radius 2 is 2.42 bits per heavy atom. The molecule has 0 aromatic carbocycles. The number of carbonyl (C=O) groups excluding carboxylic acids is 1. The molecule has 0 aliphatic carbocycles. The molecule has 1 amide bonds. The molecule has 1 aromatic rings. The van der Waals surface area contributed by atoms with Crippen molar-refractivity contribution in [2.24, 2.45) is 5.73 Å². The second-order valence-corrected chi connectivity index (χ2v) is 4.85. The van der Waals surface area contributed by atoms with E-state index in [1.165, 1.54) is 0 Å². The van der Waals surface area contributed by atoms with Gasteiger partial charge in [0.15, 0.2) is 0 Å². The fourth-order valence-corrected chi connectivity index (χ4v) is 2.26. The summed E-state index contributed by atoms with van der Waals surface area (Å²) in [6.07, 6.45) is 2.70. The van der Waals surface area contributed by atoms with Crippen LogP contribution in [0.5, 0.6) is 0 Å².